The number of amides is 3. The van der Waals surface area contributed by atoms with Crippen LogP contribution >= 0.6 is 0 Å². The first kappa shape index (κ1) is 44.9. The highest BCUT2D eigenvalue weighted by Gasteiger charge is 2.46. The SMILES string of the molecule is CCC[C@H](NC(=O)C1C[C@@H](Oc2cc(-c3ccccc3)nc3cc(OC)ccc23)C[C@@H]1C(=O)N[C@H](C(=O)NCC(=O)OCC1CCCCC1)C(C)C)C(=O)OC(C)(C)C. The lowest BCUT2D eigenvalue weighted by atomic mass is 9.90. The van der Waals surface area contributed by atoms with Crippen LogP contribution in [-0.4, -0.2) is 78.7 Å². The summed E-state index contributed by atoms with van der Waals surface area (Å²) in [7, 11) is 1.59. The average Bonchev–Trinajstić information content (AvgIpc) is 3.64. The Labute approximate surface area is 348 Å². The standard InChI is InChI=1S/C46H62N4O9/c1-8-15-36(45(55)59-46(4,5)6)49-42(52)34-22-32(58-39-25-37(30-18-13-10-14-19-30)48-38-24-31(56-7)20-21-33(38)39)23-35(34)43(53)50-41(28(2)3)44(54)47-26-40(51)57-27-29-16-11-9-12-17-29/h10,13-14,18-21,24-25,28-29,32,34-36,41H,8-9,11-12,15-17,22-23,26-27H2,1-7H3,(H,47,54)(H,49,52)(H,50,53)/t32-,34?,35+,36+,41+/m1/s1. The number of hydrogen-bond donors (Lipinski definition) is 3. The number of nitrogens with zero attached hydrogens (tertiary/aromatic N) is 1. The van der Waals surface area contributed by atoms with Gasteiger partial charge in [0.15, 0.2) is 0 Å². The van der Waals surface area contributed by atoms with Crippen molar-refractivity contribution in [3.8, 4) is 22.8 Å². The summed E-state index contributed by atoms with van der Waals surface area (Å²) in [4.78, 5) is 72.7. The second-order valence-electron chi connectivity index (χ2n) is 17.2. The predicted molar refractivity (Wildman–Crippen MR) is 224 cm³/mol. The molecule has 2 aliphatic rings. The molecule has 0 spiro atoms. The molecule has 2 saturated carbocycles. The molecular weight excluding hydrogens is 753 g/mol. The van der Waals surface area contributed by atoms with E-state index < -0.39 is 65.3 Å². The molecule has 0 saturated heterocycles. The van der Waals surface area contributed by atoms with Crippen molar-refractivity contribution in [1.82, 2.24) is 20.9 Å². The van der Waals surface area contributed by atoms with Gasteiger partial charge < -0.3 is 34.9 Å². The number of rotatable bonds is 17. The normalized spacial score (nSPS) is 19.4. The molecule has 13 heteroatoms. The zero-order chi connectivity index (χ0) is 42.7. The van der Waals surface area contributed by atoms with E-state index in [4.69, 9.17) is 23.9 Å². The van der Waals surface area contributed by atoms with Gasteiger partial charge in [-0.2, -0.15) is 0 Å². The fourth-order valence-corrected chi connectivity index (χ4v) is 7.87. The van der Waals surface area contributed by atoms with Crippen LogP contribution in [0.15, 0.2) is 54.6 Å². The van der Waals surface area contributed by atoms with Crippen LogP contribution in [0.25, 0.3) is 22.2 Å². The van der Waals surface area contributed by atoms with Gasteiger partial charge in [0.25, 0.3) is 0 Å². The van der Waals surface area contributed by atoms with Crippen LogP contribution in [0.1, 0.15) is 99.3 Å². The van der Waals surface area contributed by atoms with Crippen LogP contribution in [0.3, 0.4) is 0 Å². The average molecular weight is 815 g/mol. The van der Waals surface area contributed by atoms with E-state index in [2.05, 4.69) is 16.0 Å². The number of fused-ring (bicyclic) bond motifs is 1. The molecule has 5 rings (SSSR count). The van der Waals surface area contributed by atoms with Crippen LogP contribution in [0.4, 0.5) is 0 Å². The molecule has 1 heterocycles. The number of benzene rings is 2. The summed E-state index contributed by atoms with van der Waals surface area (Å²) in [5, 5.41) is 9.14. The number of methoxy groups -OCH3 is 1. The van der Waals surface area contributed by atoms with Crippen molar-refractivity contribution in [2.24, 2.45) is 23.7 Å². The molecule has 0 aliphatic heterocycles. The highest BCUT2D eigenvalue weighted by molar-refractivity contribution is 5.94. The van der Waals surface area contributed by atoms with E-state index in [9.17, 15) is 24.0 Å². The molecule has 3 N–H and O–H groups in total. The smallest absolute Gasteiger partial charge is 0.329 e. The summed E-state index contributed by atoms with van der Waals surface area (Å²) < 4.78 is 23.3. The van der Waals surface area contributed by atoms with Gasteiger partial charge in [0.2, 0.25) is 17.7 Å². The number of pyridine rings is 1. The van der Waals surface area contributed by atoms with Crippen molar-refractivity contribution in [2.45, 2.75) is 123 Å². The fraction of sp³-hybridized carbons (Fsp3) is 0.565. The summed E-state index contributed by atoms with van der Waals surface area (Å²) in [5.41, 5.74) is 1.43. The highest BCUT2D eigenvalue weighted by atomic mass is 16.6. The first-order valence-corrected chi connectivity index (χ1v) is 21.1. The van der Waals surface area contributed by atoms with Gasteiger partial charge in [0.1, 0.15) is 41.8 Å². The van der Waals surface area contributed by atoms with Gasteiger partial charge in [-0.3, -0.25) is 19.2 Å². The lowest BCUT2D eigenvalue weighted by Crippen LogP contribution is -2.53. The van der Waals surface area contributed by atoms with Crippen molar-refractivity contribution >= 4 is 40.6 Å². The monoisotopic (exact) mass is 814 g/mol. The third-order valence-electron chi connectivity index (χ3n) is 11.0. The maximum absolute atomic E-state index is 14.3. The zero-order valence-corrected chi connectivity index (χ0v) is 35.6. The molecule has 1 aromatic heterocycles. The Morgan fingerprint density at radius 2 is 1.56 bits per heavy atom. The Morgan fingerprint density at radius 3 is 2.19 bits per heavy atom. The first-order valence-electron chi connectivity index (χ1n) is 21.1. The molecule has 13 nitrogen and oxygen atoms in total. The number of nitrogens with one attached hydrogen (secondary N) is 3. The van der Waals surface area contributed by atoms with Crippen LogP contribution < -0.4 is 25.4 Å². The highest BCUT2D eigenvalue weighted by Crippen LogP contribution is 2.39. The molecule has 0 radical (unpaired) electrons. The minimum Gasteiger partial charge on any atom is -0.497 e. The van der Waals surface area contributed by atoms with E-state index in [1.807, 2.05) is 61.5 Å². The van der Waals surface area contributed by atoms with Gasteiger partial charge in [0, 0.05) is 23.1 Å². The number of aromatic nitrogens is 1. The van der Waals surface area contributed by atoms with Crippen LogP contribution in [0.2, 0.25) is 0 Å². The minimum atomic E-state index is -1.00. The van der Waals surface area contributed by atoms with Gasteiger partial charge in [-0.05, 0) is 76.8 Å². The van der Waals surface area contributed by atoms with Crippen LogP contribution in [-0.2, 0) is 33.4 Å². The fourth-order valence-electron chi connectivity index (χ4n) is 7.87. The molecule has 3 aromatic rings. The maximum atomic E-state index is 14.3. The van der Waals surface area contributed by atoms with Gasteiger partial charge >= 0.3 is 11.9 Å². The molecule has 3 amide bonds. The second-order valence-corrected chi connectivity index (χ2v) is 17.2. The predicted octanol–water partition coefficient (Wildman–Crippen LogP) is 6.69. The zero-order valence-electron chi connectivity index (χ0n) is 35.6. The Balaban J connectivity index is 1.37. The van der Waals surface area contributed by atoms with Crippen LogP contribution in [0.5, 0.6) is 11.5 Å². The molecule has 2 aromatic carbocycles. The van der Waals surface area contributed by atoms with Crippen molar-refractivity contribution < 1.29 is 42.9 Å². The number of esters is 2. The van der Waals surface area contributed by atoms with E-state index in [0.29, 0.717) is 48.1 Å². The van der Waals surface area contributed by atoms with Crippen molar-refractivity contribution in [2.75, 3.05) is 20.3 Å². The lowest BCUT2D eigenvalue weighted by Gasteiger charge is -2.27. The van der Waals surface area contributed by atoms with E-state index >= 15 is 0 Å². The molecule has 2 fully saturated rings. The Bertz CT molecular complexity index is 1920. The van der Waals surface area contributed by atoms with Crippen molar-refractivity contribution in [3.63, 3.8) is 0 Å². The maximum Gasteiger partial charge on any atom is 0.329 e. The van der Waals surface area contributed by atoms with E-state index in [-0.39, 0.29) is 25.3 Å². The Kier molecular flexibility index (Phi) is 15.7. The summed E-state index contributed by atoms with van der Waals surface area (Å²) in [5.74, 6) is -3.31. The summed E-state index contributed by atoms with van der Waals surface area (Å²) in [6, 6.07) is 15.1. The summed E-state index contributed by atoms with van der Waals surface area (Å²) in [6.45, 7) is 10.8. The third kappa shape index (κ3) is 12.6. The van der Waals surface area contributed by atoms with E-state index in [0.717, 1.165) is 36.6 Å². The van der Waals surface area contributed by atoms with Gasteiger partial charge in [0.05, 0.1) is 36.8 Å². The molecule has 1 unspecified atom stereocenters. The molecule has 2 aliphatic carbocycles. The number of carbonyl (C=O) groups is 5. The number of carbonyl (C=O) groups excluding carboxylic acids is 5. The second kappa shape index (κ2) is 20.7. The van der Waals surface area contributed by atoms with Crippen molar-refractivity contribution in [3.05, 3.63) is 54.6 Å². The Morgan fingerprint density at radius 1 is 0.881 bits per heavy atom. The van der Waals surface area contributed by atoms with Crippen molar-refractivity contribution in [1.29, 1.82) is 0 Å². The molecule has 59 heavy (non-hydrogen) atoms. The summed E-state index contributed by atoms with van der Waals surface area (Å²) in [6.07, 6.45) is 6.15. The topological polar surface area (TPSA) is 171 Å². The van der Waals surface area contributed by atoms with Crippen LogP contribution in [0, 0.1) is 23.7 Å². The van der Waals surface area contributed by atoms with Gasteiger partial charge in [-0.25, -0.2) is 9.78 Å². The molecule has 0 bridgehead atoms. The minimum absolute atomic E-state index is 0.148. The number of ether oxygens (including phenoxy) is 4. The van der Waals surface area contributed by atoms with Gasteiger partial charge in [-0.1, -0.05) is 76.8 Å². The molecule has 320 valence electrons. The third-order valence-corrected chi connectivity index (χ3v) is 11.0. The van der Waals surface area contributed by atoms with Gasteiger partial charge in [-0.15, -0.1) is 0 Å². The summed E-state index contributed by atoms with van der Waals surface area (Å²) >= 11 is 0. The first-order chi connectivity index (χ1) is 28.1. The quantitative estimate of drug-likeness (QED) is 0.125. The molecule has 5 atom stereocenters. The molecular formula is C46H62N4O9. The van der Waals surface area contributed by atoms with E-state index in [1.165, 1.54) is 6.42 Å². The number of hydrogen-bond acceptors (Lipinski definition) is 10. The lowest BCUT2D eigenvalue weighted by molar-refractivity contribution is -0.159. The largest absolute Gasteiger partial charge is 0.497 e. The van der Waals surface area contributed by atoms with E-state index in [1.54, 1.807) is 41.7 Å². The Hall–Kier alpha value is -5.20.